The minimum Gasteiger partial charge on any atom is -0.489 e. The van der Waals surface area contributed by atoms with Crippen LogP contribution in [0.4, 0.5) is 0 Å². The Morgan fingerprint density at radius 1 is 1.38 bits per heavy atom. The highest BCUT2D eigenvalue weighted by Gasteiger charge is 2.23. The molecule has 0 spiro atoms. The molecule has 0 atom stereocenters. The van der Waals surface area contributed by atoms with Gasteiger partial charge >= 0.3 is 16.1 Å². The molecule has 0 saturated heterocycles. The average molecular weight is 312 g/mol. The molecule has 1 aromatic rings. The van der Waals surface area contributed by atoms with Gasteiger partial charge in [0.2, 0.25) is 0 Å². The van der Waals surface area contributed by atoms with Crippen LogP contribution in [0.1, 0.15) is 23.2 Å². The Hall–Kier alpha value is -2.02. The van der Waals surface area contributed by atoms with Crippen molar-refractivity contribution in [3.05, 3.63) is 35.7 Å². The molecule has 1 saturated carbocycles. The van der Waals surface area contributed by atoms with E-state index in [2.05, 4.69) is 11.3 Å². The number of benzene rings is 1. The molecule has 1 aliphatic carbocycles. The van der Waals surface area contributed by atoms with Crippen molar-refractivity contribution in [2.24, 2.45) is 5.92 Å². The largest absolute Gasteiger partial charge is 0.489 e. The molecule has 1 fully saturated rings. The molecule has 114 valence electrons. The minimum atomic E-state index is -3.89. The van der Waals surface area contributed by atoms with Crippen molar-refractivity contribution in [2.45, 2.75) is 12.8 Å². The van der Waals surface area contributed by atoms with E-state index < -0.39 is 16.1 Å². The van der Waals surface area contributed by atoms with Gasteiger partial charge in [-0.05, 0) is 37.0 Å². The predicted octanol–water partition coefficient (Wildman–Crippen LogP) is 2.11. The highest BCUT2D eigenvalue weighted by atomic mass is 32.2. The Bertz CT molecular complexity index is 645. The summed E-state index contributed by atoms with van der Waals surface area (Å²) < 4.78 is 38.0. The third kappa shape index (κ3) is 4.22. The lowest BCUT2D eigenvalue weighted by Crippen LogP contribution is -2.09. The van der Waals surface area contributed by atoms with Crippen LogP contribution in [-0.4, -0.2) is 28.1 Å². The first-order valence-corrected chi connectivity index (χ1v) is 7.84. The normalized spacial score (nSPS) is 14.3. The maximum absolute atomic E-state index is 11.5. The first kappa shape index (κ1) is 15.4. The van der Waals surface area contributed by atoms with E-state index in [-0.39, 0.29) is 17.1 Å². The van der Waals surface area contributed by atoms with Crippen LogP contribution >= 0.6 is 0 Å². The lowest BCUT2D eigenvalue weighted by molar-refractivity contribution is 0.0600. The predicted molar refractivity (Wildman–Crippen MR) is 75.7 cm³/mol. The minimum absolute atomic E-state index is 0.0169. The van der Waals surface area contributed by atoms with Crippen molar-refractivity contribution in [1.82, 2.24) is 0 Å². The van der Waals surface area contributed by atoms with Crippen LogP contribution in [0, 0.1) is 5.92 Å². The lowest BCUT2D eigenvalue weighted by atomic mass is 10.2. The standard InChI is InChI=1S/C14H16O6S/c1-3-21(16,17)20-12-7-6-11(14(15)18-2)8-13(12)19-9-10-4-5-10/h3,6-8,10H,1,4-5,9H2,2H3. The molecule has 0 aromatic heterocycles. The second kappa shape index (κ2) is 6.17. The fraction of sp³-hybridized carbons (Fsp3) is 0.357. The van der Waals surface area contributed by atoms with Gasteiger partial charge in [0.25, 0.3) is 0 Å². The number of hydrogen-bond acceptors (Lipinski definition) is 6. The van der Waals surface area contributed by atoms with Crippen LogP contribution in [0.2, 0.25) is 0 Å². The fourth-order valence-corrected chi connectivity index (χ4v) is 2.04. The highest BCUT2D eigenvalue weighted by molar-refractivity contribution is 7.90. The van der Waals surface area contributed by atoms with E-state index >= 15 is 0 Å². The summed E-state index contributed by atoms with van der Waals surface area (Å²) in [5.41, 5.74) is 0.256. The van der Waals surface area contributed by atoms with Crippen molar-refractivity contribution in [3.8, 4) is 11.5 Å². The van der Waals surface area contributed by atoms with Crippen molar-refractivity contribution in [2.75, 3.05) is 13.7 Å². The van der Waals surface area contributed by atoms with Crippen LogP contribution < -0.4 is 8.92 Å². The van der Waals surface area contributed by atoms with Crippen LogP contribution in [0.25, 0.3) is 0 Å². The molecular formula is C14H16O6S. The quantitative estimate of drug-likeness (QED) is 0.567. The van der Waals surface area contributed by atoms with E-state index in [9.17, 15) is 13.2 Å². The molecule has 2 rings (SSSR count). The number of carbonyl (C=O) groups excluding carboxylic acids is 1. The number of rotatable bonds is 7. The Morgan fingerprint density at radius 2 is 2.10 bits per heavy atom. The number of ether oxygens (including phenoxy) is 2. The van der Waals surface area contributed by atoms with Gasteiger partial charge < -0.3 is 13.7 Å². The van der Waals surface area contributed by atoms with Gasteiger partial charge in [-0.3, -0.25) is 0 Å². The van der Waals surface area contributed by atoms with Gasteiger partial charge in [-0.2, -0.15) is 8.42 Å². The van der Waals surface area contributed by atoms with E-state index in [0.29, 0.717) is 17.9 Å². The summed E-state index contributed by atoms with van der Waals surface area (Å²) in [4.78, 5) is 11.5. The van der Waals surface area contributed by atoms with Crippen molar-refractivity contribution in [3.63, 3.8) is 0 Å². The lowest BCUT2D eigenvalue weighted by Gasteiger charge is -2.12. The zero-order valence-electron chi connectivity index (χ0n) is 11.6. The summed E-state index contributed by atoms with van der Waals surface area (Å²) in [5.74, 6) is 0.137. The second-order valence-electron chi connectivity index (χ2n) is 4.65. The molecule has 6 nitrogen and oxygen atoms in total. The Balaban J connectivity index is 2.27. The summed E-state index contributed by atoms with van der Waals surface area (Å²) in [6.45, 7) is 3.63. The first-order chi connectivity index (χ1) is 9.95. The topological polar surface area (TPSA) is 78.9 Å². The molecule has 0 aliphatic heterocycles. The molecule has 21 heavy (non-hydrogen) atoms. The number of carbonyl (C=O) groups is 1. The van der Waals surface area contributed by atoms with Gasteiger partial charge in [-0.15, -0.1) is 0 Å². The Morgan fingerprint density at radius 3 is 2.67 bits per heavy atom. The van der Waals surface area contributed by atoms with Crippen LogP contribution in [0.15, 0.2) is 30.2 Å². The highest BCUT2D eigenvalue weighted by Crippen LogP contribution is 2.34. The molecule has 1 aliphatic rings. The summed E-state index contributed by atoms with van der Waals surface area (Å²) in [6.07, 6.45) is 2.16. The van der Waals surface area contributed by atoms with E-state index in [0.717, 1.165) is 12.8 Å². The number of hydrogen-bond donors (Lipinski definition) is 0. The molecule has 1 aromatic carbocycles. The van der Waals surface area contributed by atoms with E-state index in [1.165, 1.54) is 25.3 Å². The Kier molecular flexibility index (Phi) is 4.52. The molecule has 0 amide bonds. The van der Waals surface area contributed by atoms with Crippen molar-refractivity contribution in [1.29, 1.82) is 0 Å². The number of esters is 1. The monoisotopic (exact) mass is 312 g/mol. The zero-order chi connectivity index (χ0) is 15.5. The van der Waals surface area contributed by atoms with E-state index in [1.54, 1.807) is 0 Å². The summed E-state index contributed by atoms with van der Waals surface area (Å²) >= 11 is 0. The zero-order valence-corrected chi connectivity index (χ0v) is 12.4. The molecule has 0 heterocycles. The molecule has 0 N–H and O–H groups in total. The van der Waals surface area contributed by atoms with E-state index in [1.807, 2.05) is 0 Å². The second-order valence-corrected chi connectivity index (χ2v) is 6.14. The van der Waals surface area contributed by atoms with Crippen molar-refractivity contribution >= 4 is 16.1 Å². The van der Waals surface area contributed by atoms with Crippen LogP contribution in [-0.2, 0) is 14.9 Å². The molecule has 7 heteroatoms. The molecule has 0 unspecified atom stereocenters. The van der Waals surface area contributed by atoms with Gasteiger partial charge in [-0.1, -0.05) is 6.58 Å². The molecule has 0 bridgehead atoms. The van der Waals surface area contributed by atoms with Gasteiger partial charge in [0.05, 0.1) is 24.7 Å². The summed E-state index contributed by atoms with van der Waals surface area (Å²) in [5, 5.41) is 0.700. The van der Waals surface area contributed by atoms with Gasteiger partial charge in [-0.25, -0.2) is 4.79 Å². The summed E-state index contributed by atoms with van der Waals surface area (Å²) in [6, 6.07) is 4.17. The molecule has 0 radical (unpaired) electrons. The van der Waals surface area contributed by atoms with Crippen LogP contribution in [0.3, 0.4) is 0 Å². The Labute approximate surface area is 123 Å². The van der Waals surface area contributed by atoms with Gasteiger partial charge in [0.15, 0.2) is 11.5 Å². The van der Waals surface area contributed by atoms with Crippen LogP contribution in [0.5, 0.6) is 11.5 Å². The van der Waals surface area contributed by atoms with E-state index in [4.69, 9.17) is 8.92 Å². The first-order valence-electron chi connectivity index (χ1n) is 6.37. The third-order valence-corrected chi connectivity index (χ3v) is 3.77. The van der Waals surface area contributed by atoms with Gasteiger partial charge in [0.1, 0.15) is 0 Å². The summed E-state index contributed by atoms with van der Waals surface area (Å²) in [7, 11) is -2.63. The fourth-order valence-electron chi connectivity index (χ4n) is 1.59. The number of methoxy groups -OCH3 is 1. The molecular weight excluding hydrogens is 296 g/mol. The SMILES string of the molecule is C=CS(=O)(=O)Oc1ccc(C(=O)OC)cc1OCC1CC1. The maximum atomic E-state index is 11.5. The smallest absolute Gasteiger partial charge is 0.337 e. The maximum Gasteiger partial charge on any atom is 0.337 e. The van der Waals surface area contributed by atoms with Gasteiger partial charge in [0, 0.05) is 0 Å². The average Bonchev–Trinajstić information content (AvgIpc) is 3.29. The van der Waals surface area contributed by atoms with Crippen molar-refractivity contribution < 1.29 is 26.9 Å². The third-order valence-electron chi connectivity index (χ3n) is 2.95.